The van der Waals surface area contributed by atoms with Crippen LogP contribution < -0.4 is 16.0 Å². The number of hydrogen-bond donors (Lipinski definition) is 2. The highest BCUT2D eigenvalue weighted by atomic mass is 32.2. The number of hydrogen-bond acceptors (Lipinski definition) is 8. The van der Waals surface area contributed by atoms with Crippen LogP contribution in [0, 0.1) is 15.5 Å². The number of benzene rings is 3. The monoisotopic (exact) mass is 638 g/mol. The summed E-state index contributed by atoms with van der Waals surface area (Å²) in [5.74, 6) is 0.493. The molecule has 3 aromatic carbocycles. The van der Waals surface area contributed by atoms with E-state index in [9.17, 15) is 18.5 Å². The van der Waals surface area contributed by atoms with Crippen LogP contribution in [0.15, 0.2) is 87.0 Å². The van der Waals surface area contributed by atoms with Crippen molar-refractivity contribution in [3.63, 3.8) is 0 Å². The molecule has 3 aromatic rings. The first-order chi connectivity index (χ1) is 20.8. The normalized spacial score (nSPS) is 16.1. The summed E-state index contributed by atoms with van der Waals surface area (Å²) in [5, 5.41) is 15.4. The van der Waals surface area contributed by atoms with Gasteiger partial charge in [-0.15, -0.1) is 16.2 Å². The first-order valence-corrected chi connectivity index (χ1v) is 17.1. The number of piperidine rings is 1. The quantitative estimate of drug-likeness (QED) is 0.0779. The largest absolute Gasteiger partial charge is 0.383 e. The number of nitrogens with two attached hydrogens (primary N) is 1. The van der Waals surface area contributed by atoms with Gasteiger partial charge in [0.25, 0.3) is 15.7 Å². The van der Waals surface area contributed by atoms with E-state index in [4.69, 9.17) is 5.73 Å². The maximum atomic E-state index is 13.2. The number of thioether (sulfide) groups is 1. The number of anilines is 2. The molecule has 0 spiro atoms. The van der Waals surface area contributed by atoms with Crippen LogP contribution in [-0.2, 0) is 10.0 Å². The Labute approximate surface area is 264 Å². The van der Waals surface area contributed by atoms with E-state index in [1.165, 1.54) is 12.1 Å². The lowest BCUT2D eigenvalue weighted by Crippen LogP contribution is -2.37. The Balaban J connectivity index is 1.51. The maximum Gasteiger partial charge on any atom is 0.293 e. The predicted molar refractivity (Wildman–Crippen MR) is 180 cm³/mol. The summed E-state index contributed by atoms with van der Waals surface area (Å²) in [6, 6.07) is 21.0. The smallest absolute Gasteiger partial charge is 0.293 e. The average Bonchev–Trinajstić information content (AvgIpc) is 2.98. The Hall–Kier alpha value is -3.61. The fourth-order valence-electron chi connectivity index (χ4n) is 4.94. The number of nitro groups is 1. The Morgan fingerprint density at radius 1 is 1.09 bits per heavy atom. The second-order valence-electron chi connectivity index (χ2n) is 12.1. The maximum absolute atomic E-state index is 13.2. The molecule has 1 fully saturated rings. The van der Waals surface area contributed by atoms with Gasteiger partial charge in [-0.2, -0.15) is 8.42 Å². The van der Waals surface area contributed by atoms with Crippen molar-refractivity contribution in [1.82, 2.24) is 4.90 Å². The third-order valence-electron chi connectivity index (χ3n) is 7.81. The van der Waals surface area contributed by atoms with Crippen molar-refractivity contribution >= 4 is 44.7 Å². The summed E-state index contributed by atoms with van der Waals surface area (Å²) in [6.07, 6.45) is 2.93. The molecular weight excluding hydrogens is 597 g/mol. The van der Waals surface area contributed by atoms with Crippen molar-refractivity contribution in [2.75, 3.05) is 49.7 Å². The molecule has 1 atom stereocenters. The summed E-state index contributed by atoms with van der Waals surface area (Å²) in [6.45, 7) is 7.24. The molecule has 1 unspecified atom stereocenters. The Morgan fingerprint density at radius 2 is 1.75 bits per heavy atom. The van der Waals surface area contributed by atoms with Gasteiger partial charge in [-0.1, -0.05) is 32.0 Å². The van der Waals surface area contributed by atoms with Crippen LogP contribution >= 0.6 is 11.8 Å². The van der Waals surface area contributed by atoms with Crippen LogP contribution in [0.4, 0.5) is 17.1 Å². The van der Waals surface area contributed by atoms with Crippen LogP contribution in [0.3, 0.4) is 0 Å². The molecule has 1 heterocycles. The fraction of sp³-hybridized carbons (Fsp3) is 0.406. The number of nitrogens with one attached hydrogen (secondary N) is 1. The van der Waals surface area contributed by atoms with E-state index in [-0.39, 0.29) is 28.1 Å². The molecule has 12 heteroatoms. The van der Waals surface area contributed by atoms with Crippen LogP contribution in [-0.4, -0.2) is 69.6 Å². The zero-order chi connectivity index (χ0) is 31.9. The van der Waals surface area contributed by atoms with Crippen molar-refractivity contribution < 1.29 is 13.3 Å². The summed E-state index contributed by atoms with van der Waals surface area (Å²) >= 11 is 1.65. The van der Waals surface area contributed by atoms with Gasteiger partial charge < -0.3 is 20.9 Å². The van der Waals surface area contributed by atoms with Crippen LogP contribution in [0.25, 0.3) is 0 Å². The molecule has 3 N–H and O–H groups in total. The van der Waals surface area contributed by atoms with E-state index < -0.39 is 14.9 Å². The number of amidine groups is 1. The molecule has 0 amide bonds. The van der Waals surface area contributed by atoms with Crippen molar-refractivity contribution in [3.8, 4) is 0 Å². The van der Waals surface area contributed by atoms with Gasteiger partial charge in [-0.25, -0.2) is 0 Å². The average molecular weight is 639 g/mol. The number of rotatable bonds is 13. The fourth-order valence-corrected chi connectivity index (χ4v) is 6.90. The zero-order valence-electron chi connectivity index (χ0n) is 25.8. The minimum Gasteiger partial charge on any atom is -0.383 e. The molecule has 44 heavy (non-hydrogen) atoms. The minimum atomic E-state index is -4.31. The number of sulfonamides is 1. The van der Waals surface area contributed by atoms with Crippen molar-refractivity contribution in [2.45, 2.75) is 48.9 Å². The van der Waals surface area contributed by atoms with E-state index in [1.54, 1.807) is 23.9 Å². The molecule has 0 saturated carbocycles. The standard InChI is InChI=1S/C32H42N6O4S2/c1-32(2)17-20-37(21-18-32)26-12-10-24(11-13-26)31(33)35-44(41,42)28-14-15-29(30(22-28)38(39)40)34-25(16-19-36(3)4)23-43-27-8-6-5-7-9-27/h5-15,22,25,34H,16-21,23H2,1-4H3,(H2,33,35). The molecular formula is C32H42N6O4S2. The van der Waals surface area contributed by atoms with Gasteiger partial charge in [0.1, 0.15) is 11.5 Å². The van der Waals surface area contributed by atoms with Gasteiger partial charge in [0.15, 0.2) is 0 Å². The van der Waals surface area contributed by atoms with Gasteiger partial charge in [0, 0.05) is 47.1 Å². The Bertz CT molecular complexity index is 1550. The van der Waals surface area contributed by atoms with Crippen molar-refractivity contribution in [1.29, 1.82) is 0 Å². The molecule has 1 aliphatic rings. The third-order valence-corrected chi connectivity index (χ3v) is 10.3. The van der Waals surface area contributed by atoms with Gasteiger partial charge >= 0.3 is 0 Å². The molecule has 1 aliphatic heterocycles. The summed E-state index contributed by atoms with van der Waals surface area (Å²) in [5.41, 5.74) is 7.87. The summed E-state index contributed by atoms with van der Waals surface area (Å²) in [7, 11) is -0.367. The minimum absolute atomic E-state index is 0.100. The summed E-state index contributed by atoms with van der Waals surface area (Å²) < 4.78 is 30.2. The Kier molecular flexibility index (Phi) is 10.9. The molecule has 236 valence electrons. The molecule has 0 aromatic heterocycles. The van der Waals surface area contributed by atoms with E-state index in [0.29, 0.717) is 16.7 Å². The van der Waals surface area contributed by atoms with Gasteiger partial charge in [-0.3, -0.25) is 10.1 Å². The molecule has 0 aliphatic carbocycles. The first kappa shape index (κ1) is 33.3. The van der Waals surface area contributed by atoms with Gasteiger partial charge in [0.2, 0.25) is 0 Å². The highest BCUT2D eigenvalue weighted by Gasteiger charge is 2.26. The van der Waals surface area contributed by atoms with Crippen LogP contribution in [0.2, 0.25) is 0 Å². The first-order valence-electron chi connectivity index (χ1n) is 14.7. The number of nitro benzene ring substituents is 1. The van der Waals surface area contributed by atoms with Crippen molar-refractivity contribution in [2.24, 2.45) is 15.5 Å². The van der Waals surface area contributed by atoms with E-state index in [0.717, 1.165) is 55.5 Å². The third kappa shape index (κ3) is 9.20. The topological polar surface area (TPSA) is 134 Å². The molecule has 4 rings (SSSR count). The predicted octanol–water partition coefficient (Wildman–Crippen LogP) is 5.84. The van der Waals surface area contributed by atoms with Crippen LogP contribution in [0.1, 0.15) is 38.7 Å². The molecule has 0 radical (unpaired) electrons. The summed E-state index contributed by atoms with van der Waals surface area (Å²) in [4.78, 5) is 16.6. The second-order valence-corrected chi connectivity index (χ2v) is 14.8. The van der Waals surface area contributed by atoms with Crippen molar-refractivity contribution in [3.05, 3.63) is 88.5 Å². The molecule has 1 saturated heterocycles. The highest BCUT2D eigenvalue weighted by molar-refractivity contribution is 7.99. The number of nitrogens with zero attached hydrogens (tertiary/aromatic N) is 4. The van der Waals surface area contributed by atoms with E-state index in [2.05, 4.69) is 33.4 Å². The van der Waals surface area contributed by atoms with Gasteiger partial charge in [-0.05, 0) is 93.8 Å². The van der Waals surface area contributed by atoms with Gasteiger partial charge in [0.05, 0.1) is 9.82 Å². The molecule has 10 nitrogen and oxygen atoms in total. The molecule has 0 bridgehead atoms. The lowest BCUT2D eigenvalue weighted by Gasteiger charge is -2.38. The second kappa shape index (κ2) is 14.4. The Morgan fingerprint density at radius 3 is 2.36 bits per heavy atom. The van der Waals surface area contributed by atoms with Crippen LogP contribution in [0.5, 0.6) is 0 Å². The lowest BCUT2D eigenvalue weighted by molar-refractivity contribution is -0.384. The zero-order valence-corrected chi connectivity index (χ0v) is 27.4. The van der Waals surface area contributed by atoms with E-state index >= 15 is 0 Å². The van der Waals surface area contributed by atoms with E-state index in [1.807, 2.05) is 56.6 Å². The highest BCUT2D eigenvalue weighted by Crippen LogP contribution is 2.33. The lowest BCUT2D eigenvalue weighted by atomic mass is 9.82. The SMILES string of the molecule is CN(C)CCC(CSc1ccccc1)Nc1ccc(S(=O)(=O)N=C(N)c2ccc(N3CCC(C)(C)CC3)cc2)cc1[N+](=O)[O-].